The van der Waals surface area contributed by atoms with Crippen molar-refractivity contribution in [3.63, 3.8) is 0 Å². The molecular weight excluding hydrogens is 412 g/mol. The van der Waals surface area contributed by atoms with E-state index in [4.69, 9.17) is 0 Å². The van der Waals surface area contributed by atoms with E-state index in [1.54, 1.807) is 21.7 Å². The summed E-state index contributed by atoms with van der Waals surface area (Å²) in [6, 6.07) is 23.3. The number of hydrogen-bond donors (Lipinski definition) is 1. The summed E-state index contributed by atoms with van der Waals surface area (Å²) < 4.78 is 1.79. The summed E-state index contributed by atoms with van der Waals surface area (Å²) in [5.74, 6) is -0.249. The minimum atomic E-state index is -0.129. The molecule has 0 aliphatic rings. The molecule has 2 aromatic carbocycles. The number of fused-ring (bicyclic) bond motifs is 1. The molecule has 1 N–H and O–H groups in total. The zero-order valence-electron chi connectivity index (χ0n) is 18.9. The van der Waals surface area contributed by atoms with Crippen molar-refractivity contribution < 1.29 is 9.59 Å². The van der Waals surface area contributed by atoms with Gasteiger partial charge in [0.1, 0.15) is 11.4 Å². The average molecular weight is 441 g/mol. The highest BCUT2D eigenvalue weighted by Gasteiger charge is 2.23. The van der Waals surface area contributed by atoms with Gasteiger partial charge >= 0.3 is 0 Å². The molecule has 6 nitrogen and oxygen atoms in total. The van der Waals surface area contributed by atoms with E-state index in [9.17, 15) is 9.59 Å². The van der Waals surface area contributed by atoms with Gasteiger partial charge in [0, 0.05) is 44.5 Å². The van der Waals surface area contributed by atoms with Gasteiger partial charge in [0.15, 0.2) is 0 Å². The van der Waals surface area contributed by atoms with Crippen molar-refractivity contribution in [2.75, 3.05) is 13.6 Å². The Morgan fingerprint density at radius 1 is 1.00 bits per heavy atom. The van der Waals surface area contributed by atoms with Gasteiger partial charge in [-0.1, -0.05) is 54.6 Å². The highest BCUT2D eigenvalue weighted by Crippen LogP contribution is 2.17. The Hall–Kier alpha value is -3.93. The molecule has 2 heterocycles. The second-order valence-corrected chi connectivity index (χ2v) is 8.23. The fourth-order valence-corrected chi connectivity index (χ4v) is 4.01. The van der Waals surface area contributed by atoms with Crippen molar-refractivity contribution in [1.29, 1.82) is 0 Å². The molecule has 2 amide bonds. The summed E-state index contributed by atoms with van der Waals surface area (Å²) in [6.07, 6.45) is 4.90. The number of nitrogens with one attached hydrogen (secondary N) is 1. The lowest BCUT2D eigenvalue weighted by molar-refractivity contribution is 0.0717. The van der Waals surface area contributed by atoms with E-state index in [0.29, 0.717) is 30.8 Å². The van der Waals surface area contributed by atoms with Crippen LogP contribution in [0.1, 0.15) is 33.0 Å². The molecule has 6 heteroatoms. The number of likely N-dealkylation sites (N-methyl/N-ethyl adjacent to an activating group) is 1. The van der Waals surface area contributed by atoms with Gasteiger partial charge in [0.05, 0.1) is 0 Å². The normalized spacial score (nSPS) is 11.8. The number of pyridine rings is 1. The number of aromatic nitrogens is 2. The molecule has 33 heavy (non-hydrogen) atoms. The van der Waals surface area contributed by atoms with Gasteiger partial charge in [0.25, 0.3) is 11.8 Å². The molecule has 4 aromatic rings. The summed E-state index contributed by atoms with van der Waals surface area (Å²) in [5, 5.41) is 4.97. The number of rotatable bonds is 8. The van der Waals surface area contributed by atoms with Crippen LogP contribution >= 0.6 is 0 Å². The topological polar surface area (TPSA) is 67.2 Å². The lowest BCUT2D eigenvalue weighted by atomic mass is 10.0. The summed E-state index contributed by atoms with van der Waals surface area (Å²) in [6.45, 7) is 0.463. The predicted molar refractivity (Wildman–Crippen MR) is 130 cm³/mol. The number of carbonyl (C=O) groups is 2. The molecule has 1 unspecified atom stereocenters. The van der Waals surface area contributed by atoms with Crippen molar-refractivity contribution in [2.24, 2.45) is 7.05 Å². The van der Waals surface area contributed by atoms with Crippen LogP contribution < -0.4 is 5.32 Å². The maximum atomic E-state index is 13.3. The number of benzene rings is 2. The molecule has 2 aromatic heterocycles. The first-order valence-corrected chi connectivity index (χ1v) is 11.1. The molecule has 0 saturated carbocycles. The van der Waals surface area contributed by atoms with Gasteiger partial charge < -0.3 is 14.8 Å². The fraction of sp³-hybridized carbons (Fsp3) is 0.222. The van der Waals surface area contributed by atoms with Crippen molar-refractivity contribution in [2.45, 2.75) is 18.9 Å². The molecule has 0 radical (unpaired) electrons. The number of amides is 2. The van der Waals surface area contributed by atoms with Crippen LogP contribution in [0, 0.1) is 0 Å². The number of nitrogens with zero attached hydrogens (tertiary/aromatic N) is 3. The van der Waals surface area contributed by atoms with Gasteiger partial charge in [-0.15, -0.1) is 0 Å². The Labute approximate surface area is 193 Å². The van der Waals surface area contributed by atoms with E-state index in [0.717, 1.165) is 16.3 Å². The fourth-order valence-electron chi connectivity index (χ4n) is 4.01. The summed E-state index contributed by atoms with van der Waals surface area (Å²) in [7, 11) is 3.65. The van der Waals surface area contributed by atoms with Crippen molar-refractivity contribution in [3.8, 4) is 0 Å². The Balaban J connectivity index is 1.49. The standard InChI is InChI=1S/C27H28N4O2/c1-30-16-8-13-25(30)26(32)28-15-14-23(17-20-9-4-3-5-10-20)31(2)27(33)24-18-21-11-6-7-12-22(21)19-29-24/h3-13,16,18-19,23H,14-15,17H2,1-2H3,(H,28,32). The van der Waals surface area contributed by atoms with Crippen molar-refractivity contribution in [1.82, 2.24) is 19.8 Å². The molecule has 0 bridgehead atoms. The Kier molecular flexibility index (Phi) is 6.83. The zero-order valence-corrected chi connectivity index (χ0v) is 18.9. The zero-order chi connectivity index (χ0) is 23.2. The molecule has 168 valence electrons. The van der Waals surface area contributed by atoms with Crippen molar-refractivity contribution >= 4 is 22.6 Å². The first kappa shape index (κ1) is 22.3. The Morgan fingerprint density at radius 2 is 1.73 bits per heavy atom. The summed E-state index contributed by atoms with van der Waals surface area (Å²) >= 11 is 0. The molecule has 0 saturated heterocycles. The maximum absolute atomic E-state index is 13.3. The minimum absolute atomic E-state index is 0.0955. The van der Waals surface area contributed by atoms with Gasteiger partial charge in [-0.2, -0.15) is 0 Å². The molecule has 4 rings (SSSR count). The second-order valence-electron chi connectivity index (χ2n) is 8.23. The molecule has 0 aliphatic heterocycles. The Bertz CT molecular complexity index is 1250. The maximum Gasteiger partial charge on any atom is 0.272 e. The molecule has 0 aliphatic carbocycles. The minimum Gasteiger partial charge on any atom is -0.351 e. The van der Waals surface area contributed by atoms with E-state index < -0.39 is 0 Å². The van der Waals surface area contributed by atoms with Crippen LogP contribution in [0.2, 0.25) is 0 Å². The van der Waals surface area contributed by atoms with Gasteiger partial charge in [-0.3, -0.25) is 14.6 Å². The third kappa shape index (κ3) is 5.29. The van der Waals surface area contributed by atoms with Gasteiger partial charge in [-0.05, 0) is 42.0 Å². The molecule has 0 spiro atoms. The number of carbonyl (C=O) groups excluding carboxylic acids is 2. The largest absolute Gasteiger partial charge is 0.351 e. The van der Waals surface area contributed by atoms with Gasteiger partial charge in [-0.25, -0.2) is 0 Å². The van der Waals surface area contributed by atoms with Crippen molar-refractivity contribution in [3.05, 3.63) is 102 Å². The van der Waals surface area contributed by atoms with Gasteiger partial charge in [0.2, 0.25) is 0 Å². The van der Waals surface area contributed by atoms with E-state index >= 15 is 0 Å². The number of hydrogen-bond acceptors (Lipinski definition) is 3. The third-order valence-corrected chi connectivity index (χ3v) is 5.97. The summed E-state index contributed by atoms with van der Waals surface area (Å²) in [4.78, 5) is 32.0. The second kappa shape index (κ2) is 10.1. The quantitative estimate of drug-likeness (QED) is 0.449. The average Bonchev–Trinajstić information content (AvgIpc) is 3.28. The van der Waals surface area contributed by atoms with Crippen LogP contribution in [0.4, 0.5) is 0 Å². The highest BCUT2D eigenvalue weighted by atomic mass is 16.2. The lowest BCUT2D eigenvalue weighted by Gasteiger charge is -2.28. The third-order valence-electron chi connectivity index (χ3n) is 5.97. The monoisotopic (exact) mass is 440 g/mol. The van der Waals surface area contributed by atoms with Crippen LogP contribution in [-0.2, 0) is 13.5 Å². The smallest absolute Gasteiger partial charge is 0.272 e. The van der Waals surface area contributed by atoms with Crippen LogP contribution in [0.3, 0.4) is 0 Å². The van der Waals surface area contributed by atoms with E-state index in [1.165, 1.54) is 0 Å². The van der Waals surface area contributed by atoms with Crippen LogP contribution in [0.15, 0.2) is 85.2 Å². The summed E-state index contributed by atoms with van der Waals surface area (Å²) in [5.41, 5.74) is 2.17. The first-order valence-electron chi connectivity index (χ1n) is 11.1. The van der Waals surface area contributed by atoms with Crippen LogP contribution in [-0.4, -0.2) is 45.9 Å². The van der Waals surface area contributed by atoms with E-state index in [2.05, 4.69) is 22.4 Å². The molecule has 1 atom stereocenters. The molecular formula is C27H28N4O2. The van der Waals surface area contributed by atoms with E-state index in [1.807, 2.05) is 74.9 Å². The number of aryl methyl sites for hydroxylation is 1. The molecule has 0 fully saturated rings. The van der Waals surface area contributed by atoms with Crippen LogP contribution in [0.5, 0.6) is 0 Å². The predicted octanol–water partition coefficient (Wildman–Crippen LogP) is 4.08. The SMILES string of the molecule is CN(C(=O)c1cc2ccccc2cn1)C(CCNC(=O)c1cccn1C)Cc1ccccc1. The highest BCUT2D eigenvalue weighted by molar-refractivity contribution is 5.96. The Morgan fingerprint density at radius 3 is 2.45 bits per heavy atom. The lowest BCUT2D eigenvalue weighted by Crippen LogP contribution is -2.41. The van der Waals surface area contributed by atoms with E-state index in [-0.39, 0.29) is 17.9 Å². The first-order chi connectivity index (χ1) is 16.0. The van der Waals surface area contributed by atoms with Crippen LogP contribution in [0.25, 0.3) is 10.8 Å².